The summed E-state index contributed by atoms with van der Waals surface area (Å²) in [6, 6.07) is -0.161. The lowest BCUT2D eigenvalue weighted by Gasteiger charge is -2.14. The molecule has 0 radical (unpaired) electrons. The van der Waals surface area contributed by atoms with Gasteiger partial charge in [0.25, 0.3) is 0 Å². The SMILES string of the molecule is CNC(CSC1CCCC1)C(N)=O. The standard InChI is InChI=1S/C9H18N2OS/c1-11-8(9(10)12)6-13-7-4-2-3-5-7/h7-8,11H,2-6H2,1H3,(H2,10,12). The molecule has 0 heterocycles. The number of carbonyl (C=O) groups excluding carboxylic acids is 1. The molecule has 1 saturated carbocycles. The van der Waals surface area contributed by atoms with Crippen LogP contribution in [0.15, 0.2) is 0 Å². The van der Waals surface area contributed by atoms with Crippen molar-refractivity contribution in [3.05, 3.63) is 0 Å². The molecule has 1 fully saturated rings. The third-order valence-electron chi connectivity index (χ3n) is 2.49. The Bertz CT molecular complexity index is 169. The van der Waals surface area contributed by atoms with Crippen molar-refractivity contribution in [3.63, 3.8) is 0 Å². The van der Waals surface area contributed by atoms with Gasteiger partial charge in [-0.2, -0.15) is 11.8 Å². The second-order valence-electron chi connectivity index (χ2n) is 3.48. The summed E-state index contributed by atoms with van der Waals surface area (Å²) in [6.45, 7) is 0. The maximum absolute atomic E-state index is 10.9. The number of amides is 1. The molecule has 0 aromatic rings. The highest BCUT2D eigenvalue weighted by Gasteiger charge is 2.19. The zero-order chi connectivity index (χ0) is 9.68. The molecule has 13 heavy (non-hydrogen) atoms. The van der Waals surface area contributed by atoms with Crippen LogP contribution in [0.4, 0.5) is 0 Å². The molecule has 1 aliphatic rings. The van der Waals surface area contributed by atoms with Gasteiger partial charge in [0.1, 0.15) is 0 Å². The molecule has 1 atom stereocenters. The van der Waals surface area contributed by atoms with Crippen molar-refractivity contribution in [2.75, 3.05) is 12.8 Å². The largest absolute Gasteiger partial charge is 0.368 e. The van der Waals surface area contributed by atoms with Gasteiger partial charge in [0.05, 0.1) is 6.04 Å². The van der Waals surface area contributed by atoms with Gasteiger partial charge in [-0.25, -0.2) is 0 Å². The van der Waals surface area contributed by atoms with E-state index in [0.717, 1.165) is 11.0 Å². The molecule has 3 N–H and O–H groups in total. The average molecular weight is 202 g/mol. The molecule has 0 aromatic carbocycles. The molecule has 0 spiro atoms. The molecular weight excluding hydrogens is 184 g/mol. The average Bonchev–Trinajstić information content (AvgIpc) is 2.57. The summed E-state index contributed by atoms with van der Waals surface area (Å²) in [5.41, 5.74) is 5.22. The predicted molar refractivity (Wildman–Crippen MR) is 56.8 cm³/mol. The van der Waals surface area contributed by atoms with E-state index in [9.17, 15) is 4.79 Å². The fraction of sp³-hybridized carbons (Fsp3) is 0.889. The first kappa shape index (κ1) is 10.9. The summed E-state index contributed by atoms with van der Waals surface area (Å²) in [4.78, 5) is 10.9. The maximum atomic E-state index is 10.9. The van der Waals surface area contributed by atoms with E-state index in [1.54, 1.807) is 7.05 Å². The minimum atomic E-state index is -0.243. The molecule has 1 aliphatic carbocycles. The van der Waals surface area contributed by atoms with Crippen LogP contribution in [0.25, 0.3) is 0 Å². The fourth-order valence-electron chi connectivity index (χ4n) is 1.60. The topological polar surface area (TPSA) is 55.1 Å². The highest BCUT2D eigenvalue weighted by atomic mass is 32.2. The number of rotatable bonds is 5. The molecule has 0 aromatic heterocycles. The Kier molecular flexibility index (Phi) is 4.59. The van der Waals surface area contributed by atoms with Crippen LogP contribution >= 0.6 is 11.8 Å². The maximum Gasteiger partial charge on any atom is 0.235 e. The molecule has 1 unspecified atom stereocenters. The molecule has 0 saturated heterocycles. The zero-order valence-electron chi connectivity index (χ0n) is 8.08. The van der Waals surface area contributed by atoms with E-state index < -0.39 is 0 Å². The Morgan fingerprint density at radius 3 is 2.69 bits per heavy atom. The lowest BCUT2D eigenvalue weighted by atomic mass is 10.3. The number of likely N-dealkylation sites (N-methyl/N-ethyl adjacent to an activating group) is 1. The van der Waals surface area contributed by atoms with Gasteiger partial charge in [-0.15, -0.1) is 0 Å². The Balaban J connectivity index is 2.18. The first-order valence-electron chi connectivity index (χ1n) is 4.82. The smallest absolute Gasteiger partial charge is 0.235 e. The van der Waals surface area contributed by atoms with Crippen LogP contribution in [0.5, 0.6) is 0 Å². The monoisotopic (exact) mass is 202 g/mol. The normalized spacial score (nSPS) is 20.4. The summed E-state index contributed by atoms with van der Waals surface area (Å²) < 4.78 is 0. The number of primary amides is 1. The summed E-state index contributed by atoms with van der Waals surface area (Å²) in [5.74, 6) is 0.573. The molecule has 0 bridgehead atoms. The third-order valence-corrected chi connectivity index (χ3v) is 3.96. The number of hydrogen-bond acceptors (Lipinski definition) is 3. The molecule has 3 nitrogen and oxygen atoms in total. The molecule has 0 aliphatic heterocycles. The Hall–Kier alpha value is -0.220. The van der Waals surface area contributed by atoms with E-state index in [2.05, 4.69) is 5.32 Å². The minimum Gasteiger partial charge on any atom is -0.368 e. The third kappa shape index (κ3) is 3.56. The number of nitrogens with two attached hydrogens (primary N) is 1. The number of carbonyl (C=O) groups is 1. The summed E-state index contributed by atoms with van der Waals surface area (Å²) in [7, 11) is 1.78. The van der Waals surface area contributed by atoms with E-state index in [4.69, 9.17) is 5.73 Å². The lowest BCUT2D eigenvalue weighted by molar-refractivity contribution is -0.119. The first-order valence-corrected chi connectivity index (χ1v) is 5.87. The van der Waals surface area contributed by atoms with Crippen molar-refractivity contribution < 1.29 is 4.79 Å². The lowest BCUT2D eigenvalue weighted by Crippen LogP contribution is -2.41. The quantitative estimate of drug-likeness (QED) is 0.691. The number of hydrogen-bond donors (Lipinski definition) is 2. The van der Waals surface area contributed by atoms with Crippen molar-refractivity contribution in [2.24, 2.45) is 5.73 Å². The highest BCUT2D eigenvalue weighted by molar-refractivity contribution is 8.00. The molecule has 1 rings (SSSR count). The molecular formula is C9H18N2OS. The van der Waals surface area contributed by atoms with Crippen molar-refractivity contribution in [1.29, 1.82) is 0 Å². The van der Waals surface area contributed by atoms with Crippen molar-refractivity contribution in [2.45, 2.75) is 37.0 Å². The molecule has 1 amide bonds. The van der Waals surface area contributed by atoms with Crippen molar-refractivity contribution >= 4 is 17.7 Å². The minimum absolute atomic E-state index is 0.161. The van der Waals surface area contributed by atoms with Crippen LogP contribution in [-0.4, -0.2) is 30.0 Å². The number of thioether (sulfide) groups is 1. The second-order valence-corrected chi connectivity index (χ2v) is 4.82. The Morgan fingerprint density at radius 2 is 2.23 bits per heavy atom. The van der Waals surface area contributed by atoms with Gasteiger partial charge in [0.2, 0.25) is 5.91 Å². The zero-order valence-corrected chi connectivity index (χ0v) is 8.90. The Labute approximate surface area is 83.8 Å². The van der Waals surface area contributed by atoms with Crippen LogP contribution < -0.4 is 11.1 Å². The van der Waals surface area contributed by atoms with Crippen LogP contribution in [0, 0.1) is 0 Å². The van der Waals surface area contributed by atoms with Gasteiger partial charge in [0, 0.05) is 11.0 Å². The van der Waals surface area contributed by atoms with Gasteiger partial charge in [-0.3, -0.25) is 4.79 Å². The predicted octanol–water partition coefficient (Wildman–Crippen LogP) is 0.735. The van der Waals surface area contributed by atoms with Crippen LogP contribution in [-0.2, 0) is 4.79 Å². The highest BCUT2D eigenvalue weighted by Crippen LogP contribution is 2.29. The van der Waals surface area contributed by atoms with Gasteiger partial charge < -0.3 is 11.1 Å². The number of nitrogens with one attached hydrogen (secondary N) is 1. The van der Waals surface area contributed by atoms with E-state index in [0.29, 0.717) is 0 Å². The summed E-state index contributed by atoms with van der Waals surface area (Å²) >= 11 is 1.88. The Morgan fingerprint density at radius 1 is 1.62 bits per heavy atom. The van der Waals surface area contributed by atoms with Gasteiger partial charge in [-0.1, -0.05) is 12.8 Å². The summed E-state index contributed by atoms with van der Waals surface area (Å²) in [6.07, 6.45) is 5.30. The van der Waals surface area contributed by atoms with E-state index >= 15 is 0 Å². The second kappa shape index (κ2) is 5.50. The van der Waals surface area contributed by atoms with Gasteiger partial charge in [-0.05, 0) is 19.9 Å². The van der Waals surface area contributed by atoms with Crippen LogP contribution in [0.3, 0.4) is 0 Å². The van der Waals surface area contributed by atoms with Gasteiger partial charge >= 0.3 is 0 Å². The first-order chi connectivity index (χ1) is 6.24. The van der Waals surface area contributed by atoms with E-state index in [1.807, 2.05) is 11.8 Å². The van der Waals surface area contributed by atoms with Crippen LogP contribution in [0.1, 0.15) is 25.7 Å². The van der Waals surface area contributed by atoms with Crippen molar-refractivity contribution in [1.82, 2.24) is 5.32 Å². The van der Waals surface area contributed by atoms with Crippen LogP contribution in [0.2, 0.25) is 0 Å². The van der Waals surface area contributed by atoms with Gasteiger partial charge in [0.15, 0.2) is 0 Å². The molecule has 76 valence electrons. The fourth-order valence-corrected chi connectivity index (χ4v) is 3.06. The molecule has 4 heteroatoms. The van der Waals surface area contributed by atoms with Crippen molar-refractivity contribution in [3.8, 4) is 0 Å². The van der Waals surface area contributed by atoms with E-state index in [-0.39, 0.29) is 11.9 Å². The summed E-state index contributed by atoms with van der Waals surface area (Å²) in [5, 5.41) is 3.69. The van der Waals surface area contributed by atoms with E-state index in [1.165, 1.54) is 25.7 Å².